The molecular formula is C23H25Cl2F2N5O. The fourth-order valence-electron chi connectivity index (χ4n) is 4.09. The minimum Gasteiger partial charge on any atom is -0.482 e. The summed E-state index contributed by atoms with van der Waals surface area (Å²) in [4.78, 5) is 6.38. The van der Waals surface area contributed by atoms with E-state index in [1.807, 2.05) is 10.9 Å². The quantitative estimate of drug-likeness (QED) is 0.424. The number of rotatable bonds is 7. The molecule has 3 aromatic rings. The van der Waals surface area contributed by atoms with Gasteiger partial charge in [0.05, 0.1) is 17.3 Å². The Morgan fingerprint density at radius 1 is 1.21 bits per heavy atom. The van der Waals surface area contributed by atoms with Crippen molar-refractivity contribution in [2.24, 2.45) is 0 Å². The van der Waals surface area contributed by atoms with Gasteiger partial charge in [0.15, 0.2) is 11.6 Å². The summed E-state index contributed by atoms with van der Waals surface area (Å²) in [6.07, 6.45) is 6.58. The van der Waals surface area contributed by atoms with Crippen LogP contribution in [0.4, 0.5) is 14.6 Å². The third kappa shape index (κ3) is 5.23. The summed E-state index contributed by atoms with van der Waals surface area (Å²) in [5.74, 6) is -0.0418. The topological polar surface area (TPSA) is 69.2 Å². The Labute approximate surface area is 201 Å². The number of ether oxygens (including phenoxy) is 1. The predicted octanol–water partition coefficient (Wildman–Crippen LogP) is 5.72. The highest BCUT2D eigenvalue weighted by Crippen LogP contribution is 2.37. The molecule has 0 bridgehead atoms. The van der Waals surface area contributed by atoms with Gasteiger partial charge in [-0.05, 0) is 38.0 Å². The molecule has 2 N–H and O–H groups in total. The van der Waals surface area contributed by atoms with Crippen LogP contribution in [-0.4, -0.2) is 46.0 Å². The van der Waals surface area contributed by atoms with Gasteiger partial charge in [-0.1, -0.05) is 23.2 Å². The van der Waals surface area contributed by atoms with Crippen LogP contribution in [-0.2, 0) is 0 Å². The van der Waals surface area contributed by atoms with E-state index in [-0.39, 0.29) is 23.6 Å². The molecular weight excluding hydrogens is 471 g/mol. The van der Waals surface area contributed by atoms with Crippen molar-refractivity contribution in [3.8, 4) is 16.9 Å². The molecule has 6 nitrogen and oxygen atoms in total. The van der Waals surface area contributed by atoms with E-state index in [0.29, 0.717) is 22.9 Å². The molecule has 1 aliphatic heterocycles. The second-order valence-electron chi connectivity index (χ2n) is 8.10. The van der Waals surface area contributed by atoms with Crippen molar-refractivity contribution < 1.29 is 13.5 Å². The highest BCUT2D eigenvalue weighted by molar-refractivity contribution is 6.36. The summed E-state index contributed by atoms with van der Waals surface area (Å²) < 4.78 is 34.4. The van der Waals surface area contributed by atoms with Gasteiger partial charge in [0.25, 0.3) is 0 Å². The van der Waals surface area contributed by atoms with E-state index in [9.17, 15) is 8.78 Å². The Morgan fingerprint density at radius 2 is 1.97 bits per heavy atom. The van der Waals surface area contributed by atoms with Crippen molar-refractivity contribution in [1.29, 1.82) is 0 Å². The molecule has 3 heterocycles. The van der Waals surface area contributed by atoms with E-state index in [2.05, 4.69) is 15.0 Å². The summed E-state index contributed by atoms with van der Waals surface area (Å²) >= 11 is 12.3. The molecule has 1 aliphatic rings. The Hall–Kier alpha value is -2.42. The SMILES string of the molecule is C[C@@H](Oc1cc(-c2cnn(C3CCN(CCF)CC3)c2)cnc1N)c1c(Cl)ccc(F)c1Cl. The number of aromatic nitrogens is 3. The van der Waals surface area contributed by atoms with Gasteiger partial charge in [-0.15, -0.1) is 0 Å². The largest absolute Gasteiger partial charge is 0.482 e. The van der Waals surface area contributed by atoms with Gasteiger partial charge in [-0.2, -0.15) is 5.10 Å². The molecule has 1 saturated heterocycles. The van der Waals surface area contributed by atoms with Gasteiger partial charge in [-0.25, -0.2) is 13.8 Å². The minimum atomic E-state index is -0.655. The zero-order valence-electron chi connectivity index (χ0n) is 18.1. The van der Waals surface area contributed by atoms with Gasteiger partial charge in [-0.3, -0.25) is 4.68 Å². The molecule has 176 valence electrons. The first-order chi connectivity index (χ1) is 15.9. The van der Waals surface area contributed by atoms with Gasteiger partial charge in [0.2, 0.25) is 0 Å². The summed E-state index contributed by atoms with van der Waals surface area (Å²) in [7, 11) is 0. The number of hydrogen-bond donors (Lipinski definition) is 1. The van der Waals surface area contributed by atoms with Crippen molar-refractivity contribution in [3.63, 3.8) is 0 Å². The van der Waals surface area contributed by atoms with Crippen molar-refractivity contribution in [1.82, 2.24) is 19.7 Å². The Morgan fingerprint density at radius 3 is 2.70 bits per heavy atom. The number of alkyl halides is 1. The van der Waals surface area contributed by atoms with Crippen LogP contribution in [0.3, 0.4) is 0 Å². The van der Waals surface area contributed by atoms with Crippen molar-refractivity contribution in [2.75, 3.05) is 32.0 Å². The second kappa shape index (κ2) is 10.2. The van der Waals surface area contributed by atoms with Crippen LogP contribution in [0.15, 0.2) is 36.8 Å². The van der Waals surface area contributed by atoms with Crippen molar-refractivity contribution in [3.05, 3.63) is 58.2 Å². The van der Waals surface area contributed by atoms with E-state index in [1.54, 1.807) is 25.4 Å². The maximum atomic E-state index is 13.9. The molecule has 0 radical (unpaired) electrons. The maximum absolute atomic E-state index is 13.9. The molecule has 1 aromatic carbocycles. The van der Waals surface area contributed by atoms with Gasteiger partial charge >= 0.3 is 0 Å². The average molecular weight is 496 g/mol. The molecule has 1 fully saturated rings. The Balaban J connectivity index is 1.51. The number of nitrogens with zero attached hydrogens (tertiary/aromatic N) is 4. The van der Waals surface area contributed by atoms with E-state index < -0.39 is 11.9 Å². The highest BCUT2D eigenvalue weighted by atomic mass is 35.5. The van der Waals surface area contributed by atoms with Crippen LogP contribution in [0, 0.1) is 5.82 Å². The molecule has 0 saturated carbocycles. The first kappa shape index (κ1) is 23.7. The second-order valence-corrected chi connectivity index (χ2v) is 8.88. The smallest absolute Gasteiger partial charge is 0.166 e. The number of pyridine rings is 1. The highest BCUT2D eigenvalue weighted by Gasteiger charge is 2.22. The third-order valence-electron chi connectivity index (χ3n) is 5.94. The monoisotopic (exact) mass is 495 g/mol. The first-order valence-corrected chi connectivity index (χ1v) is 11.5. The number of piperidine rings is 1. The fourth-order valence-corrected chi connectivity index (χ4v) is 4.76. The van der Waals surface area contributed by atoms with Gasteiger partial charge < -0.3 is 15.4 Å². The van der Waals surface area contributed by atoms with Crippen molar-refractivity contribution in [2.45, 2.75) is 31.9 Å². The van der Waals surface area contributed by atoms with Crippen LogP contribution in [0.5, 0.6) is 5.75 Å². The summed E-state index contributed by atoms with van der Waals surface area (Å²) in [5.41, 5.74) is 8.02. The number of nitrogen functional groups attached to an aromatic ring is 1. The Kier molecular flexibility index (Phi) is 7.36. The standard InChI is InChI=1S/C23H25Cl2F2N5O/c1-14(21-18(24)2-3-19(27)22(21)25)33-20-10-15(11-29-23(20)28)16-12-30-32(13-16)17-4-7-31(8-5-17)9-6-26/h2-3,10-14,17H,4-9H2,1H3,(H2,28,29)/t14-/m1/s1. The molecule has 33 heavy (non-hydrogen) atoms. The molecule has 0 amide bonds. The van der Waals surface area contributed by atoms with Crippen LogP contribution >= 0.6 is 23.2 Å². The fraction of sp³-hybridized carbons (Fsp3) is 0.391. The molecule has 4 rings (SSSR count). The lowest BCUT2D eigenvalue weighted by atomic mass is 10.1. The normalized spacial score (nSPS) is 16.2. The summed E-state index contributed by atoms with van der Waals surface area (Å²) in [6, 6.07) is 4.68. The first-order valence-electron chi connectivity index (χ1n) is 10.8. The van der Waals surface area contributed by atoms with E-state index in [4.69, 9.17) is 33.7 Å². The summed E-state index contributed by atoms with van der Waals surface area (Å²) in [6.45, 7) is 3.59. The van der Waals surface area contributed by atoms with Gasteiger partial charge in [0, 0.05) is 53.7 Å². The number of halogens is 4. The molecule has 0 unspecified atom stereocenters. The van der Waals surface area contributed by atoms with Crippen LogP contribution in [0.2, 0.25) is 10.0 Å². The van der Waals surface area contributed by atoms with E-state index in [0.717, 1.165) is 37.1 Å². The molecule has 1 atom stereocenters. The van der Waals surface area contributed by atoms with Crippen LogP contribution in [0.25, 0.3) is 11.1 Å². The third-order valence-corrected chi connectivity index (χ3v) is 6.65. The predicted molar refractivity (Wildman–Crippen MR) is 126 cm³/mol. The zero-order valence-corrected chi connectivity index (χ0v) is 19.7. The van der Waals surface area contributed by atoms with Crippen molar-refractivity contribution >= 4 is 29.0 Å². The number of benzene rings is 1. The number of anilines is 1. The maximum Gasteiger partial charge on any atom is 0.166 e. The summed E-state index contributed by atoms with van der Waals surface area (Å²) in [5, 5.41) is 4.74. The molecule has 10 heteroatoms. The minimum absolute atomic E-state index is 0.0866. The van der Waals surface area contributed by atoms with Crippen LogP contribution < -0.4 is 10.5 Å². The van der Waals surface area contributed by atoms with E-state index in [1.165, 1.54) is 12.1 Å². The number of likely N-dealkylation sites (tertiary alicyclic amines) is 1. The molecule has 0 spiro atoms. The average Bonchev–Trinajstić information content (AvgIpc) is 3.29. The lowest BCUT2D eigenvalue weighted by Gasteiger charge is -2.31. The molecule has 0 aliphatic carbocycles. The lowest BCUT2D eigenvalue weighted by molar-refractivity contribution is 0.169. The lowest BCUT2D eigenvalue weighted by Crippen LogP contribution is -2.36. The van der Waals surface area contributed by atoms with E-state index >= 15 is 0 Å². The zero-order chi connectivity index (χ0) is 23.5. The number of hydrogen-bond acceptors (Lipinski definition) is 5. The van der Waals surface area contributed by atoms with Crippen LogP contribution in [0.1, 0.15) is 37.5 Å². The number of nitrogens with two attached hydrogens (primary N) is 1. The Bertz CT molecular complexity index is 1120. The van der Waals surface area contributed by atoms with Gasteiger partial charge in [0.1, 0.15) is 18.6 Å². The molecule has 2 aromatic heterocycles.